The monoisotopic (exact) mass is 162 g/mol. The van der Waals surface area contributed by atoms with E-state index in [0.29, 0.717) is 0 Å². The summed E-state index contributed by atoms with van der Waals surface area (Å²) in [5.74, 6) is -0.00374. The van der Waals surface area contributed by atoms with Crippen LogP contribution in [0.5, 0.6) is 0 Å². The molecule has 0 saturated carbocycles. The van der Waals surface area contributed by atoms with E-state index in [2.05, 4.69) is 0 Å². The summed E-state index contributed by atoms with van der Waals surface area (Å²) in [4.78, 5) is 10.4. The van der Waals surface area contributed by atoms with Crippen LogP contribution in [-0.4, -0.2) is 39.5 Å². The molecule has 0 unspecified atom stereocenters. The second-order valence-corrected chi connectivity index (χ2v) is 2.12. The maximum absolute atomic E-state index is 10.4. The molecule has 66 valence electrons. The van der Waals surface area contributed by atoms with Crippen LogP contribution in [0.15, 0.2) is 0 Å². The Morgan fingerprint density at radius 3 is 2.27 bits per heavy atom. The van der Waals surface area contributed by atoms with E-state index in [4.69, 9.17) is 14.2 Å². The predicted octanol–water partition coefficient (Wildman–Crippen LogP) is 0.211. The lowest BCUT2D eigenvalue weighted by Gasteiger charge is -2.12. The highest BCUT2D eigenvalue weighted by atomic mass is 16.7. The minimum Gasteiger partial charge on any atom is -0.368 e. The average molecular weight is 162 g/mol. The predicted molar refractivity (Wildman–Crippen MR) is 39.3 cm³/mol. The molecule has 0 atom stereocenters. The topological polar surface area (TPSA) is 44.8 Å². The zero-order chi connectivity index (χ0) is 8.69. The zero-order valence-corrected chi connectivity index (χ0v) is 7.12. The van der Waals surface area contributed by atoms with E-state index >= 15 is 0 Å². The van der Waals surface area contributed by atoms with Gasteiger partial charge in [-0.15, -0.1) is 0 Å². The average Bonchev–Trinajstić information content (AvgIpc) is 1.98. The molecule has 0 aliphatic heterocycles. The van der Waals surface area contributed by atoms with Crippen LogP contribution in [-0.2, 0) is 19.0 Å². The summed E-state index contributed by atoms with van der Waals surface area (Å²) >= 11 is 0. The van der Waals surface area contributed by atoms with E-state index in [9.17, 15) is 4.79 Å². The summed E-state index contributed by atoms with van der Waals surface area (Å²) in [6.07, 6.45) is -0.380. The van der Waals surface area contributed by atoms with Gasteiger partial charge in [0.2, 0.25) is 0 Å². The molecule has 0 fully saturated rings. The highest BCUT2D eigenvalue weighted by Crippen LogP contribution is 1.91. The standard InChI is InChI=1S/C7H14O4/c1-6(8)4-11-5-7(9-2)10-3/h7H,4-5H2,1-3H3. The third-order valence-corrected chi connectivity index (χ3v) is 1.09. The lowest BCUT2D eigenvalue weighted by Crippen LogP contribution is -2.21. The van der Waals surface area contributed by atoms with Gasteiger partial charge < -0.3 is 14.2 Å². The normalized spacial score (nSPS) is 10.5. The third kappa shape index (κ3) is 5.97. The first-order chi connectivity index (χ1) is 5.20. The van der Waals surface area contributed by atoms with E-state index in [0.717, 1.165) is 0 Å². The number of carbonyl (C=O) groups excluding carboxylic acids is 1. The minimum atomic E-state index is -0.380. The summed E-state index contributed by atoms with van der Waals surface area (Å²) < 4.78 is 14.6. The Kier molecular flexibility index (Phi) is 6.02. The fourth-order valence-corrected chi connectivity index (χ4v) is 0.531. The van der Waals surface area contributed by atoms with Crippen molar-refractivity contribution in [3.63, 3.8) is 0 Å². The quantitative estimate of drug-likeness (QED) is 0.524. The van der Waals surface area contributed by atoms with Crippen molar-refractivity contribution < 1.29 is 19.0 Å². The fraction of sp³-hybridized carbons (Fsp3) is 0.857. The molecule has 0 amide bonds. The van der Waals surface area contributed by atoms with Gasteiger partial charge in [-0.1, -0.05) is 0 Å². The van der Waals surface area contributed by atoms with Crippen LogP contribution in [0.2, 0.25) is 0 Å². The van der Waals surface area contributed by atoms with Crippen molar-refractivity contribution in [3.05, 3.63) is 0 Å². The van der Waals surface area contributed by atoms with E-state index in [1.807, 2.05) is 0 Å². The number of ether oxygens (including phenoxy) is 3. The SMILES string of the molecule is COC(COCC(C)=O)OC. The van der Waals surface area contributed by atoms with E-state index in [1.54, 1.807) is 0 Å². The van der Waals surface area contributed by atoms with Gasteiger partial charge in [0.05, 0.1) is 6.61 Å². The fourth-order valence-electron chi connectivity index (χ4n) is 0.531. The Bertz CT molecular complexity index is 109. The maximum Gasteiger partial charge on any atom is 0.180 e. The Labute approximate surface area is 66.4 Å². The second kappa shape index (κ2) is 6.27. The molecule has 0 rings (SSSR count). The molecule has 0 N–H and O–H groups in total. The third-order valence-electron chi connectivity index (χ3n) is 1.09. The summed E-state index contributed by atoms with van der Waals surface area (Å²) in [5.41, 5.74) is 0. The molecular weight excluding hydrogens is 148 g/mol. The molecule has 4 nitrogen and oxygen atoms in total. The summed E-state index contributed by atoms with van der Waals surface area (Å²) in [7, 11) is 3.04. The van der Waals surface area contributed by atoms with Gasteiger partial charge in [0.1, 0.15) is 6.61 Å². The zero-order valence-electron chi connectivity index (χ0n) is 7.12. The van der Waals surface area contributed by atoms with Gasteiger partial charge in [-0.05, 0) is 6.92 Å². The molecule has 0 aliphatic carbocycles. The van der Waals surface area contributed by atoms with Crippen molar-refractivity contribution in [2.75, 3.05) is 27.4 Å². The lowest BCUT2D eigenvalue weighted by molar-refractivity contribution is -0.146. The second-order valence-electron chi connectivity index (χ2n) is 2.12. The van der Waals surface area contributed by atoms with Crippen molar-refractivity contribution in [2.24, 2.45) is 0 Å². The Hall–Kier alpha value is -0.450. The number of methoxy groups -OCH3 is 2. The molecule has 11 heavy (non-hydrogen) atoms. The number of carbonyl (C=O) groups is 1. The van der Waals surface area contributed by atoms with Gasteiger partial charge in [-0.25, -0.2) is 0 Å². The van der Waals surface area contributed by atoms with Crippen LogP contribution < -0.4 is 0 Å². The van der Waals surface area contributed by atoms with Crippen LogP contribution >= 0.6 is 0 Å². The van der Waals surface area contributed by atoms with Crippen LogP contribution in [0.3, 0.4) is 0 Å². The summed E-state index contributed by atoms with van der Waals surface area (Å²) in [6.45, 7) is 1.87. The first kappa shape index (κ1) is 10.6. The van der Waals surface area contributed by atoms with Crippen molar-refractivity contribution >= 4 is 5.78 Å². The van der Waals surface area contributed by atoms with Crippen molar-refractivity contribution in [1.29, 1.82) is 0 Å². The van der Waals surface area contributed by atoms with Gasteiger partial charge in [0, 0.05) is 14.2 Å². The molecule has 0 spiro atoms. The Morgan fingerprint density at radius 1 is 1.36 bits per heavy atom. The summed E-state index contributed by atoms with van der Waals surface area (Å²) in [5, 5.41) is 0. The van der Waals surface area contributed by atoms with E-state index < -0.39 is 0 Å². The molecule has 0 aromatic rings. The van der Waals surface area contributed by atoms with Gasteiger partial charge >= 0.3 is 0 Å². The van der Waals surface area contributed by atoms with Crippen LogP contribution in [0.4, 0.5) is 0 Å². The number of Topliss-reactive ketones (excluding diaryl/α,β-unsaturated/α-hetero) is 1. The van der Waals surface area contributed by atoms with Gasteiger partial charge in [-0.3, -0.25) is 4.79 Å². The molecule has 0 radical (unpaired) electrons. The van der Waals surface area contributed by atoms with Crippen molar-refractivity contribution in [1.82, 2.24) is 0 Å². The maximum atomic E-state index is 10.4. The summed E-state index contributed by atoms with van der Waals surface area (Å²) in [6, 6.07) is 0. The number of hydrogen-bond donors (Lipinski definition) is 0. The smallest absolute Gasteiger partial charge is 0.180 e. The van der Waals surface area contributed by atoms with Crippen molar-refractivity contribution in [2.45, 2.75) is 13.2 Å². The van der Waals surface area contributed by atoms with Crippen LogP contribution in [0.25, 0.3) is 0 Å². The number of ketones is 1. The first-order valence-electron chi connectivity index (χ1n) is 3.33. The highest BCUT2D eigenvalue weighted by Gasteiger charge is 2.04. The largest absolute Gasteiger partial charge is 0.368 e. The Morgan fingerprint density at radius 2 is 1.91 bits per heavy atom. The molecule has 0 heterocycles. The van der Waals surface area contributed by atoms with Gasteiger partial charge in [-0.2, -0.15) is 0 Å². The van der Waals surface area contributed by atoms with Gasteiger partial charge in [0.15, 0.2) is 12.1 Å². The highest BCUT2D eigenvalue weighted by molar-refractivity contribution is 5.76. The van der Waals surface area contributed by atoms with Crippen molar-refractivity contribution in [3.8, 4) is 0 Å². The van der Waals surface area contributed by atoms with Crippen LogP contribution in [0.1, 0.15) is 6.92 Å². The molecule has 0 aromatic carbocycles. The Balaban J connectivity index is 3.28. The van der Waals surface area contributed by atoms with Gasteiger partial charge in [0.25, 0.3) is 0 Å². The van der Waals surface area contributed by atoms with Crippen LogP contribution in [0, 0.1) is 0 Å². The molecule has 0 aromatic heterocycles. The van der Waals surface area contributed by atoms with E-state index in [1.165, 1.54) is 21.1 Å². The first-order valence-corrected chi connectivity index (χ1v) is 3.33. The number of rotatable bonds is 6. The molecule has 0 bridgehead atoms. The molecular formula is C7H14O4. The minimum absolute atomic E-state index is 0.00374. The number of hydrogen-bond acceptors (Lipinski definition) is 4. The van der Waals surface area contributed by atoms with E-state index in [-0.39, 0.29) is 25.3 Å². The molecule has 4 heteroatoms. The lowest BCUT2D eigenvalue weighted by atomic mass is 10.5. The molecule has 0 aliphatic rings. The molecule has 0 saturated heterocycles.